The molecule has 2 aromatic rings. The van der Waals surface area contributed by atoms with Gasteiger partial charge in [0, 0.05) is 25.2 Å². The van der Waals surface area contributed by atoms with E-state index in [9.17, 15) is 4.79 Å². The van der Waals surface area contributed by atoms with Gasteiger partial charge < -0.3 is 10.6 Å². The van der Waals surface area contributed by atoms with Crippen LogP contribution in [0.3, 0.4) is 0 Å². The molecule has 1 fully saturated rings. The molecule has 2 aromatic heterocycles. The number of carbonyl (C=O) groups is 1. The molecule has 8 heteroatoms. The maximum atomic E-state index is 11.1. The number of nitrogens with one attached hydrogen (secondary N) is 1. The molecule has 0 radical (unpaired) electrons. The third-order valence-electron chi connectivity index (χ3n) is 3.41. The first-order valence-corrected chi connectivity index (χ1v) is 6.58. The van der Waals surface area contributed by atoms with Gasteiger partial charge in [-0.1, -0.05) is 11.6 Å². The highest BCUT2D eigenvalue weighted by molar-refractivity contribution is 6.33. The van der Waals surface area contributed by atoms with Gasteiger partial charge in [-0.3, -0.25) is 9.89 Å². The van der Waals surface area contributed by atoms with Gasteiger partial charge in [-0.25, -0.2) is 9.97 Å². The molecule has 7 nitrogen and oxygen atoms in total. The van der Waals surface area contributed by atoms with Crippen LogP contribution >= 0.6 is 11.6 Å². The van der Waals surface area contributed by atoms with E-state index in [2.05, 4.69) is 25.1 Å². The van der Waals surface area contributed by atoms with Gasteiger partial charge in [0.2, 0.25) is 5.91 Å². The number of hydrogen-bond donors (Lipinski definition) is 2. The highest BCUT2D eigenvalue weighted by Gasteiger charge is 2.28. The molecule has 0 spiro atoms. The Hall–Kier alpha value is -2.15. The summed E-state index contributed by atoms with van der Waals surface area (Å²) < 4.78 is 0. The van der Waals surface area contributed by atoms with Crippen molar-refractivity contribution < 1.29 is 4.79 Å². The Morgan fingerprint density at radius 1 is 1.50 bits per heavy atom. The maximum Gasteiger partial charge on any atom is 0.250 e. The Kier molecular flexibility index (Phi) is 3.27. The average Bonchev–Trinajstić information content (AvgIpc) is 3.09. The van der Waals surface area contributed by atoms with Crippen molar-refractivity contribution in [2.75, 3.05) is 18.0 Å². The van der Waals surface area contributed by atoms with E-state index in [1.807, 2.05) is 0 Å². The zero-order chi connectivity index (χ0) is 14.1. The van der Waals surface area contributed by atoms with Crippen molar-refractivity contribution in [1.29, 1.82) is 0 Å². The van der Waals surface area contributed by atoms with Crippen LogP contribution in [0.25, 0.3) is 0 Å². The predicted molar refractivity (Wildman–Crippen MR) is 73.7 cm³/mol. The number of aromatic amines is 1. The molecule has 1 aliphatic heterocycles. The number of H-pyrrole nitrogens is 1. The van der Waals surface area contributed by atoms with E-state index in [1.165, 1.54) is 12.5 Å². The van der Waals surface area contributed by atoms with E-state index in [0.29, 0.717) is 16.4 Å². The van der Waals surface area contributed by atoms with E-state index >= 15 is 0 Å². The molecule has 0 bridgehead atoms. The minimum atomic E-state index is -0.535. The number of pyridine rings is 1. The summed E-state index contributed by atoms with van der Waals surface area (Å²) in [6.45, 7) is 1.59. The van der Waals surface area contributed by atoms with Crippen LogP contribution in [0.5, 0.6) is 0 Å². The number of amides is 1. The first kappa shape index (κ1) is 12.9. The first-order valence-electron chi connectivity index (χ1n) is 6.20. The van der Waals surface area contributed by atoms with E-state index < -0.39 is 5.91 Å². The molecule has 104 valence electrons. The van der Waals surface area contributed by atoms with Crippen LogP contribution in [-0.2, 0) is 0 Å². The smallest absolute Gasteiger partial charge is 0.250 e. The second-order valence-electron chi connectivity index (χ2n) is 4.70. The van der Waals surface area contributed by atoms with Crippen molar-refractivity contribution >= 4 is 23.3 Å². The van der Waals surface area contributed by atoms with Crippen LogP contribution in [0.1, 0.15) is 28.5 Å². The summed E-state index contributed by atoms with van der Waals surface area (Å²) in [5.74, 6) is 1.29. The SMILES string of the molecule is NC(=O)c1cnc(N2CCC(c3ncn[nH]3)C2)c(Cl)c1. The van der Waals surface area contributed by atoms with Gasteiger partial charge >= 0.3 is 0 Å². The monoisotopic (exact) mass is 292 g/mol. The quantitative estimate of drug-likeness (QED) is 0.877. The molecule has 20 heavy (non-hydrogen) atoms. The molecule has 3 heterocycles. The zero-order valence-electron chi connectivity index (χ0n) is 10.6. The Labute approximate surface area is 120 Å². The van der Waals surface area contributed by atoms with Crippen molar-refractivity contribution in [3.63, 3.8) is 0 Å². The molecule has 3 N–H and O–H groups in total. The summed E-state index contributed by atoms with van der Waals surface area (Å²) in [5, 5.41) is 7.18. The number of aromatic nitrogens is 4. The summed E-state index contributed by atoms with van der Waals surface area (Å²) in [4.78, 5) is 21.6. The lowest BCUT2D eigenvalue weighted by atomic mass is 10.1. The lowest BCUT2D eigenvalue weighted by Crippen LogP contribution is -2.21. The van der Waals surface area contributed by atoms with Crippen LogP contribution in [0.4, 0.5) is 5.82 Å². The molecule has 0 aliphatic carbocycles. The Bertz CT molecular complexity index is 629. The molecule has 1 aliphatic rings. The molecular weight excluding hydrogens is 280 g/mol. The standard InChI is InChI=1S/C12H13ClN6O/c13-9-3-8(10(14)20)4-15-12(9)19-2-1-7(5-19)11-16-6-17-18-11/h3-4,6-7H,1-2,5H2,(H2,14,20)(H,16,17,18). The number of carbonyl (C=O) groups excluding carboxylic acids is 1. The minimum absolute atomic E-state index is 0.284. The number of anilines is 1. The van der Waals surface area contributed by atoms with Crippen molar-refractivity contribution in [2.45, 2.75) is 12.3 Å². The molecule has 1 unspecified atom stereocenters. The summed E-state index contributed by atoms with van der Waals surface area (Å²) >= 11 is 6.18. The fourth-order valence-corrected chi connectivity index (χ4v) is 2.67. The Morgan fingerprint density at radius 3 is 3.00 bits per heavy atom. The van der Waals surface area contributed by atoms with Crippen LogP contribution < -0.4 is 10.6 Å². The second-order valence-corrected chi connectivity index (χ2v) is 5.10. The molecule has 0 aromatic carbocycles. The van der Waals surface area contributed by atoms with Gasteiger partial charge in [0.15, 0.2) is 0 Å². The van der Waals surface area contributed by atoms with E-state index in [1.54, 1.807) is 6.07 Å². The van der Waals surface area contributed by atoms with E-state index in [-0.39, 0.29) is 5.92 Å². The fourth-order valence-electron chi connectivity index (χ4n) is 2.39. The topological polar surface area (TPSA) is 101 Å². The largest absolute Gasteiger partial charge is 0.366 e. The molecule has 0 saturated carbocycles. The molecular formula is C12H13ClN6O. The van der Waals surface area contributed by atoms with Crippen molar-refractivity contribution in [2.24, 2.45) is 5.73 Å². The maximum absolute atomic E-state index is 11.1. The number of rotatable bonds is 3. The normalized spacial score (nSPS) is 18.4. The highest BCUT2D eigenvalue weighted by atomic mass is 35.5. The van der Waals surface area contributed by atoms with Crippen LogP contribution in [-0.4, -0.2) is 39.2 Å². The van der Waals surface area contributed by atoms with Crippen molar-refractivity contribution in [1.82, 2.24) is 20.2 Å². The lowest BCUT2D eigenvalue weighted by molar-refractivity contribution is 0.1000. The lowest BCUT2D eigenvalue weighted by Gasteiger charge is -2.18. The summed E-state index contributed by atoms with van der Waals surface area (Å²) in [7, 11) is 0. The van der Waals surface area contributed by atoms with Crippen molar-refractivity contribution in [3.05, 3.63) is 35.0 Å². The van der Waals surface area contributed by atoms with Crippen LogP contribution in [0.2, 0.25) is 5.02 Å². The summed E-state index contributed by atoms with van der Waals surface area (Å²) in [5.41, 5.74) is 5.51. The number of primary amides is 1. The Morgan fingerprint density at radius 2 is 2.35 bits per heavy atom. The first-order chi connectivity index (χ1) is 9.65. The molecule has 1 atom stereocenters. The molecule has 3 rings (SSSR count). The van der Waals surface area contributed by atoms with E-state index in [0.717, 1.165) is 25.3 Å². The third kappa shape index (κ3) is 2.32. The highest BCUT2D eigenvalue weighted by Crippen LogP contribution is 2.31. The van der Waals surface area contributed by atoms with Gasteiger partial charge in [0.25, 0.3) is 0 Å². The molecule has 1 amide bonds. The van der Waals surface area contributed by atoms with Crippen LogP contribution in [0, 0.1) is 0 Å². The minimum Gasteiger partial charge on any atom is -0.366 e. The van der Waals surface area contributed by atoms with Gasteiger partial charge in [0.05, 0.1) is 10.6 Å². The number of nitrogens with zero attached hydrogens (tertiary/aromatic N) is 4. The van der Waals surface area contributed by atoms with Gasteiger partial charge in [-0.2, -0.15) is 5.10 Å². The number of hydrogen-bond acceptors (Lipinski definition) is 5. The van der Waals surface area contributed by atoms with Gasteiger partial charge in [-0.15, -0.1) is 0 Å². The fraction of sp³-hybridized carbons (Fsp3) is 0.333. The molecule has 1 saturated heterocycles. The summed E-state index contributed by atoms with van der Waals surface area (Å²) in [6, 6.07) is 1.55. The second kappa shape index (κ2) is 5.09. The van der Waals surface area contributed by atoms with Gasteiger partial charge in [-0.05, 0) is 12.5 Å². The summed E-state index contributed by atoms with van der Waals surface area (Å²) in [6.07, 6.45) is 3.90. The average molecular weight is 293 g/mol. The number of halogens is 1. The van der Waals surface area contributed by atoms with Crippen LogP contribution in [0.15, 0.2) is 18.6 Å². The number of nitrogens with two attached hydrogens (primary N) is 1. The zero-order valence-corrected chi connectivity index (χ0v) is 11.3. The Balaban J connectivity index is 1.79. The van der Waals surface area contributed by atoms with Gasteiger partial charge in [0.1, 0.15) is 18.0 Å². The van der Waals surface area contributed by atoms with Crippen molar-refractivity contribution in [3.8, 4) is 0 Å². The third-order valence-corrected chi connectivity index (χ3v) is 3.69. The van der Waals surface area contributed by atoms with E-state index in [4.69, 9.17) is 17.3 Å². The predicted octanol–water partition coefficient (Wildman–Crippen LogP) is 0.946.